The number of aromatic nitrogens is 1. The van der Waals surface area contributed by atoms with Crippen LogP contribution in [-0.4, -0.2) is 37.5 Å². The molecular formula is C10H13FN2O3. The highest BCUT2D eigenvalue weighted by Crippen LogP contribution is 2.20. The molecule has 0 aromatic carbocycles. The highest BCUT2D eigenvalue weighted by atomic mass is 19.1. The van der Waals surface area contributed by atoms with Gasteiger partial charge in [0.1, 0.15) is 18.5 Å². The minimum Gasteiger partial charge on any atom is -0.488 e. The first-order valence-corrected chi connectivity index (χ1v) is 4.99. The molecular weight excluding hydrogens is 215 g/mol. The van der Waals surface area contributed by atoms with Gasteiger partial charge in [0.25, 0.3) is 0 Å². The molecule has 1 aromatic rings. The summed E-state index contributed by atoms with van der Waals surface area (Å²) in [5.74, 6) is -0.341. The van der Waals surface area contributed by atoms with Crippen molar-refractivity contribution in [2.24, 2.45) is 0 Å². The Labute approximate surface area is 92.3 Å². The van der Waals surface area contributed by atoms with Crippen LogP contribution >= 0.6 is 0 Å². The minimum absolute atomic E-state index is 0.135. The van der Waals surface area contributed by atoms with Crippen LogP contribution in [0, 0.1) is 5.95 Å². The zero-order valence-electron chi connectivity index (χ0n) is 8.69. The van der Waals surface area contributed by atoms with Gasteiger partial charge in [0.2, 0.25) is 5.95 Å². The van der Waals surface area contributed by atoms with Gasteiger partial charge in [-0.05, 0) is 0 Å². The number of hydrogen-bond donors (Lipinski definition) is 1. The Balaban J connectivity index is 1.90. The molecule has 0 radical (unpaired) electrons. The lowest BCUT2D eigenvalue weighted by Gasteiger charge is -2.23. The van der Waals surface area contributed by atoms with E-state index in [1.165, 1.54) is 6.20 Å². The molecule has 0 amide bonds. The largest absolute Gasteiger partial charge is 0.488 e. The second kappa shape index (κ2) is 5.09. The second-order valence-electron chi connectivity index (χ2n) is 3.42. The molecule has 0 spiro atoms. The molecule has 0 bridgehead atoms. The van der Waals surface area contributed by atoms with Crippen molar-refractivity contribution in [3.8, 4) is 5.75 Å². The average molecular weight is 228 g/mol. The zero-order valence-corrected chi connectivity index (χ0v) is 8.69. The highest BCUT2D eigenvalue weighted by Gasteiger charge is 2.15. The molecule has 1 fully saturated rings. The van der Waals surface area contributed by atoms with Gasteiger partial charge in [0.15, 0.2) is 0 Å². The van der Waals surface area contributed by atoms with Gasteiger partial charge in [-0.25, -0.2) is 4.98 Å². The van der Waals surface area contributed by atoms with Gasteiger partial charge in [-0.15, -0.1) is 0 Å². The maximum absolute atomic E-state index is 12.8. The van der Waals surface area contributed by atoms with Crippen molar-refractivity contribution in [1.82, 2.24) is 4.98 Å². The number of nitrogens with two attached hydrogens (primary N) is 1. The van der Waals surface area contributed by atoms with Gasteiger partial charge in [0, 0.05) is 6.07 Å². The van der Waals surface area contributed by atoms with Crippen molar-refractivity contribution < 1.29 is 18.6 Å². The topological polar surface area (TPSA) is 66.6 Å². The average Bonchev–Trinajstić information content (AvgIpc) is 2.32. The minimum atomic E-state index is -0.620. The van der Waals surface area contributed by atoms with Gasteiger partial charge in [-0.1, -0.05) is 0 Å². The first-order chi connectivity index (χ1) is 7.75. The molecule has 1 atom stereocenters. The third kappa shape index (κ3) is 2.80. The fourth-order valence-corrected chi connectivity index (χ4v) is 1.36. The van der Waals surface area contributed by atoms with E-state index in [1.54, 1.807) is 0 Å². The Kier molecular flexibility index (Phi) is 3.53. The summed E-state index contributed by atoms with van der Waals surface area (Å²) < 4.78 is 28.7. The van der Waals surface area contributed by atoms with Crippen LogP contribution in [0.3, 0.4) is 0 Å². The van der Waals surface area contributed by atoms with Crippen LogP contribution < -0.4 is 10.5 Å². The van der Waals surface area contributed by atoms with E-state index in [0.29, 0.717) is 25.5 Å². The maximum Gasteiger partial charge on any atom is 0.216 e. The summed E-state index contributed by atoms with van der Waals surface area (Å²) in [4.78, 5) is 3.41. The van der Waals surface area contributed by atoms with Crippen LogP contribution in [0.4, 0.5) is 10.1 Å². The van der Waals surface area contributed by atoms with Crippen molar-refractivity contribution in [3.63, 3.8) is 0 Å². The Bertz CT molecular complexity index is 356. The first kappa shape index (κ1) is 11.1. The smallest absolute Gasteiger partial charge is 0.216 e. The Hall–Kier alpha value is -1.40. The zero-order chi connectivity index (χ0) is 11.4. The van der Waals surface area contributed by atoms with Gasteiger partial charge in [-0.3, -0.25) is 0 Å². The van der Waals surface area contributed by atoms with E-state index in [4.69, 9.17) is 19.9 Å². The lowest BCUT2D eigenvalue weighted by Crippen LogP contribution is -2.33. The van der Waals surface area contributed by atoms with Crippen molar-refractivity contribution >= 4 is 5.69 Å². The van der Waals surface area contributed by atoms with Crippen LogP contribution in [-0.2, 0) is 9.47 Å². The van der Waals surface area contributed by atoms with E-state index in [9.17, 15) is 4.39 Å². The molecule has 1 aliphatic rings. The highest BCUT2D eigenvalue weighted by molar-refractivity contribution is 5.49. The molecule has 6 heteroatoms. The summed E-state index contributed by atoms with van der Waals surface area (Å²) in [5, 5.41) is 0. The normalized spacial score (nSPS) is 20.7. The predicted octanol–water partition coefficient (Wildman–Crippen LogP) is 0.597. The molecule has 2 heterocycles. The number of anilines is 1. The third-order valence-electron chi connectivity index (χ3n) is 2.17. The molecule has 0 saturated carbocycles. The molecule has 1 saturated heterocycles. The number of nitrogens with zero attached hydrogens (tertiary/aromatic N) is 1. The first-order valence-electron chi connectivity index (χ1n) is 4.99. The summed E-state index contributed by atoms with van der Waals surface area (Å²) in [6, 6.07) is 1.15. The van der Waals surface area contributed by atoms with Crippen molar-refractivity contribution in [3.05, 3.63) is 18.2 Å². The van der Waals surface area contributed by atoms with Gasteiger partial charge in [-0.2, -0.15) is 4.39 Å². The number of nitrogen functional groups attached to an aromatic ring is 1. The molecule has 88 valence electrons. The van der Waals surface area contributed by atoms with Crippen molar-refractivity contribution in [2.75, 3.05) is 32.2 Å². The van der Waals surface area contributed by atoms with Crippen molar-refractivity contribution in [1.29, 1.82) is 0 Å². The quantitative estimate of drug-likeness (QED) is 0.767. The fraction of sp³-hybridized carbons (Fsp3) is 0.500. The molecule has 5 nitrogen and oxygen atoms in total. The predicted molar refractivity (Wildman–Crippen MR) is 54.7 cm³/mol. The van der Waals surface area contributed by atoms with Gasteiger partial charge >= 0.3 is 0 Å². The standard InChI is InChI=1S/C10H13FN2O3/c11-10-3-9(8(12)4-13-10)16-6-7-5-14-1-2-15-7/h3-4,7H,1-2,5-6,12H2/t7-/m0/s1. The third-order valence-corrected chi connectivity index (χ3v) is 2.17. The molecule has 1 aliphatic heterocycles. The molecule has 2 rings (SSSR count). The van der Waals surface area contributed by atoms with Gasteiger partial charge < -0.3 is 19.9 Å². The number of rotatable bonds is 3. The SMILES string of the molecule is Nc1cnc(F)cc1OC[C@@H]1COCCO1. The Morgan fingerprint density at radius 3 is 3.19 bits per heavy atom. The summed E-state index contributed by atoms with van der Waals surface area (Å²) in [6.45, 7) is 1.91. The molecule has 1 aromatic heterocycles. The Morgan fingerprint density at radius 2 is 2.44 bits per heavy atom. The fourth-order valence-electron chi connectivity index (χ4n) is 1.36. The van der Waals surface area contributed by atoms with Gasteiger partial charge in [0.05, 0.1) is 31.7 Å². The molecule has 16 heavy (non-hydrogen) atoms. The number of halogens is 1. The van der Waals surface area contributed by atoms with E-state index >= 15 is 0 Å². The maximum atomic E-state index is 12.8. The lowest BCUT2D eigenvalue weighted by molar-refractivity contribution is -0.101. The Morgan fingerprint density at radius 1 is 1.56 bits per heavy atom. The van der Waals surface area contributed by atoms with E-state index in [1.807, 2.05) is 0 Å². The molecule has 2 N–H and O–H groups in total. The van der Waals surface area contributed by atoms with E-state index < -0.39 is 5.95 Å². The molecule has 0 unspecified atom stereocenters. The lowest BCUT2D eigenvalue weighted by atomic mass is 10.3. The van der Waals surface area contributed by atoms with Crippen LogP contribution in [0.2, 0.25) is 0 Å². The van der Waals surface area contributed by atoms with Crippen LogP contribution in [0.5, 0.6) is 5.75 Å². The summed E-state index contributed by atoms with van der Waals surface area (Å²) in [6.07, 6.45) is 1.09. The van der Waals surface area contributed by atoms with Crippen LogP contribution in [0.1, 0.15) is 0 Å². The van der Waals surface area contributed by atoms with Crippen molar-refractivity contribution in [2.45, 2.75) is 6.10 Å². The summed E-state index contributed by atoms with van der Waals surface area (Å²) in [5.41, 5.74) is 5.88. The monoisotopic (exact) mass is 228 g/mol. The van der Waals surface area contributed by atoms with E-state index in [2.05, 4.69) is 4.98 Å². The van der Waals surface area contributed by atoms with E-state index in [0.717, 1.165) is 6.07 Å². The van der Waals surface area contributed by atoms with Crippen LogP contribution in [0.25, 0.3) is 0 Å². The summed E-state index contributed by atoms with van der Waals surface area (Å²) >= 11 is 0. The summed E-state index contributed by atoms with van der Waals surface area (Å²) in [7, 11) is 0. The number of pyridine rings is 1. The molecule has 0 aliphatic carbocycles. The number of ether oxygens (including phenoxy) is 3. The van der Waals surface area contributed by atoms with Crippen LogP contribution in [0.15, 0.2) is 12.3 Å². The second-order valence-corrected chi connectivity index (χ2v) is 3.42. The van der Waals surface area contributed by atoms with E-state index in [-0.39, 0.29) is 18.5 Å². The number of hydrogen-bond acceptors (Lipinski definition) is 5.